The third-order valence-electron chi connectivity index (χ3n) is 3.74. The van der Waals surface area contributed by atoms with Gasteiger partial charge in [-0.1, -0.05) is 0 Å². The number of β-amino-alcohol motifs (C(OH)–C–C–N with tert-alkyl or cyclic N) is 1. The summed E-state index contributed by atoms with van der Waals surface area (Å²) in [6, 6.07) is 3.46. The predicted octanol–water partition coefficient (Wildman–Crippen LogP) is 1.13. The molecular weight excluding hydrogens is 237 g/mol. The van der Waals surface area contributed by atoms with Gasteiger partial charge in [-0.3, -0.25) is 4.79 Å². The molecule has 1 heterocycles. The average molecular weight is 251 g/mol. The number of phenolic OH excluding ortho intramolecular Hbond substituents is 1. The highest BCUT2D eigenvalue weighted by Crippen LogP contribution is 2.44. The maximum absolute atomic E-state index is 13.5. The van der Waals surface area contributed by atoms with Crippen molar-refractivity contribution in [2.24, 2.45) is 5.92 Å². The number of nitrogens with zero attached hydrogens (tertiary/aromatic N) is 1. The minimum absolute atomic E-state index is 0.0642. The van der Waals surface area contributed by atoms with Gasteiger partial charge >= 0.3 is 0 Å². The van der Waals surface area contributed by atoms with E-state index in [0.717, 1.165) is 18.9 Å². The van der Waals surface area contributed by atoms with E-state index in [4.69, 9.17) is 5.11 Å². The molecule has 1 amide bonds. The molecule has 0 atom stereocenters. The molecule has 0 aromatic heterocycles. The fourth-order valence-corrected chi connectivity index (χ4v) is 2.49. The van der Waals surface area contributed by atoms with E-state index in [2.05, 4.69) is 0 Å². The Morgan fingerprint density at radius 2 is 2.06 bits per heavy atom. The molecule has 1 saturated heterocycles. The molecule has 0 unspecified atom stereocenters. The van der Waals surface area contributed by atoms with Crippen molar-refractivity contribution in [3.63, 3.8) is 0 Å². The molecule has 18 heavy (non-hydrogen) atoms. The lowest BCUT2D eigenvalue weighted by Crippen LogP contribution is -2.64. The van der Waals surface area contributed by atoms with Gasteiger partial charge in [0.25, 0.3) is 5.91 Å². The molecule has 1 saturated carbocycles. The standard InChI is InChI=1S/C13H14FNO3/c14-11-5-9(16)3-4-10(11)12(17)15-6-13(18,7-15)8-1-2-8/h3-5,8,16,18H,1-2,6-7H2. The molecule has 1 aromatic carbocycles. The second kappa shape index (κ2) is 3.68. The lowest BCUT2D eigenvalue weighted by Gasteiger charge is -2.47. The summed E-state index contributed by atoms with van der Waals surface area (Å²) in [4.78, 5) is 13.4. The Kier molecular flexibility index (Phi) is 2.35. The van der Waals surface area contributed by atoms with Crippen LogP contribution in [0.5, 0.6) is 5.75 Å². The van der Waals surface area contributed by atoms with E-state index >= 15 is 0 Å². The summed E-state index contributed by atoms with van der Waals surface area (Å²) in [6.45, 7) is 0.549. The lowest BCUT2D eigenvalue weighted by molar-refractivity contribution is -0.0959. The zero-order chi connectivity index (χ0) is 12.9. The Balaban J connectivity index is 1.72. The molecule has 1 aliphatic heterocycles. The van der Waals surface area contributed by atoms with Crippen molar-refractivity contribution in [2.75, 3.05) is 13.1 Å². The van der Waals surface area contributed by atoms with Crippen LogP contribution < -0.4 is 0 Å². The van der Waals surface area contributed by atoms with Crippen LogP contribution in [-0.2, 0) is 0 Å². The largest absolute Gasteiger partial charge is 0.508 e. The molecule has 0 bridgehead atoms. The zero-order valence-electron chi connectivity index (χ0n) is 9.77. The van der Waals surface area contributed by atoms with Gasteiger partial charge in [0.05, 0.1) is 18.7 Å². The molecule has 2 fully saturated rings. The van der Waals surface area contributed by atoms with Crippen LogP contribution in [0.4, 0.5) is 4.39 Å². The zero-order valence-corrected chi connectivity index (χ0v) is 9.77. The predicted molar refractivity (Wildman–Crippen MR) is 61.6 cm³/mol. The van der Waals surface area contributed by atoms with Gasteiger partial charge in [0.15, 0.2) is 0 Å². The normalized spacial score (nSPS) is 21.6. The molecule has 2 aliphatic rings. The van der Waals surface area contributed by atoms with E-state index in [1.807, 2.05) is 0 Å². The maximum Gasteiger partial charge on any atom is 0.257 e. The summed E-state index contributed by atoms with van der Waals surface area (Å²) in [5.74, 6) is -1.08. The Labute approximate surface area is 104 Å². The van der Waals surface area contributed by atoms with Gasteiger partial charge in [-0.05, 0) is 30.9 Å². The quantitative estimate of drug-likeness (QED) is 0.828. The average Bonchev–Trinajstić information content (AvgIpc) is 3.08. The van der Waals surface area contributed by atoms with Gasteiger partial charge in [0.1, 0.15) is 17.2 Å². The minimum Gasteiger partial charge on any atom is -0.508 e. The molecule has 3 rings (SSSR count). The molecule has 1 aliphatic carbocycles. The number of halogens is 1. The first kappa shape index (κ1) is 11.5. The summed E-state index contributed by atoms with van der Waals surface area (Å²) in [5, 5.41) is 19.2. The number of rotatable bonds is 2. The van der Waals surface area contributed by atoms with E-state index < -0.39 is 17.3 Å². The Morgan fingerprint density at radius 1 is 1.39 bits per heavy atom. The SMILES string of the molecule is O=C(c1ccc(O)cc1F)N1CC(O)(C2CC2)C1. The van der Waals surface area contributed by atoms with Crippen molar-refractivity contribution < 1.29 is 19.4 Å². The second-order valence-corrected chi connectivity index (χ2v) is 5.20. The van der Waals surface area contributed by atoms with E-state index in [-0.39, 0.29) is 24.4 Å². The molecule has 1 aromatic rings. The van der Waals surface area contributed by atoms with Crippen molar-refractivity contribution in [1.82, 2.24) is 4.90 Å². The number of likely N-dealkylation sites (tertiary alicyclic amines) is 1. The topological polar surface area (TPSA) is 60.8 Å². The van der Waals surface area contributed by atoms with Gasteiger partial charge < -0.3 is 15.1 Å². The first-order valence-corrected chi connectivity index (χ1v) is 6.00. The highest BCUT2D eigenvalue weighted by atomic mass is 19.1. The number of carbonyl (C=O) groups excluding carboxylic acids is 1. The van der Waals surface area contributed by atoms with E-state index in [0.29, 0.717) is 5.92 Å². The number of aromatic hydroxyl groups is 1. The molecule has 2 N–H and O–H groups in total. The van der Waals surface area contributed by atoms with Crippen molar-refractivity contribution >= 4 is 5.91 Å². The van der Waals surface area contributed by atoms with Crippen LogP contribution in [0.1, 0.15) is 23.2 Å². The first-order valence-electron chi connectivity index (χ1n) is 6.00. The number of carbonyl (C=O) groups is 1. The highest BCUT2D eigenvalue weighted by Gasteiger charge is 2.53. The molecule has 0 spiro atoms. The summed E-state index contributed by atoms with van der Waals surface area (Å²) in [6.07, 6.45) is 2.01. The minimum atomic E-state index is -0.761. The van der Waals surface area contributed by atoms with E-state index in [1.165, 1.54) is 17.0 Å². The monoisotopic (exact) mass is 251 g/mol. The smallest absolute Gasteiger partial charge is 0.257 e. The van der Waals surface area contributed by atoms with Gasteiger partial charge in [-0.2, -0.15) is 0 Å². The molecule has 5 heteroatoms. The Morgan fingerprint density at radius 3 is 2.61 bits per heavy atom. The summed E-state index contributed by atoms with van der Waals surface area (Å²) in [7, 11) is 0. The van der Waals surface area contributed by atoms with Crippen LogP contribution in [-0.4, -0.2) is 39.7 Å². The van der Waals surface area contributed by atoms with E-state index in [1.54, 1.807) is 0 Å². The third-order valence-corrected chi connectivity index (χ3v) is 3.74. The maximum atomic E-state index is 13.5. The number of aliphatic hydroxyl groups is 1. The van der Waals surface area contributed by atoms with Crippen LogP contribution in [0.2, 0.25) is 0 Å². The summed E-state index contributed by atoms with van der Waals surface area (Å²) < 4.78 is 13.5. The third kappa shape index (κ3) is 1.75. The van der Waals surface area contributed by atoms with Gasteiger partial charge in [-0.15, -0.1) is 0 Å². The summed E-state index contributed by atoms with van der Waals surface area (Å²) >= 11 is 0. The fraction of sp³-hybridized carbons (Fsp3) is 0.462. The van der Waals surface area contributed by atoms with Crippen molar-refractivity contribution in [3.8, 4) is 5.75 Å². The molecule has 4 nitrogen and oxygen atoms in total. The second-order valence-electron chi connectivity index (χ2n) is 5.20. The molecular formula is C13H14FNO3. The van der Waals surface area contributed by atoms with Crippen LogP contribution >= 0.6 is 0 Å². The summed E-state index contributed by atoms with van der Waals surface area (Å²) in [5.41, 5.74) is -0.825. The van der Waals surface area contributed by atoms with Crippen molar-refractivity contribution in [2.45, 2.75) is 18.4 Å². The fourth-order valence-electron chi connectivity index (χ4n) is 2.49. The number of benzene rings is 1. The highest BCUT2D eigenvalue weighted by molar-refractivity contribution is 5.95. The number of phenols is 1. The van der Waals surface area contributed by atoms with Crippen molar-refractivity contribution in [3.05, 3.63) is 29.6 Å². The molecule has 96 valence electrons. The number of hydrogen-bond donors (Lipinski definition) is 2. The van der Waals surface area contributed by atoms with Crippen LogP contribution in [0, 0.1) is 11.7 Å². The Bertz CT molecular complexity index is 507. The number of hydrogen-bond acceptors (Lipinski definition) is 3. The van der Waals surface area contributed by atoms with Crippen LogP contribution in [0.25, 0.3) is 0 Å². The van der Waals surface area contributed by atoms with E-state index in [9.17, 15) is 14.3 Å². The van der Waals surface area contributed by atoms with Gasteiger partial charge in [0, 0.05) is 6.07 Å². The van der Waals surface area contributed by atoms with Crippen molar-refractivity contribution in [1.29, 1.82) is 0 Å². The number of amides is 1. The van der Waals surface area contributed by atoms with Crippen LogP contribution in [0.15, 0.2) is 18.2 Å². The van der Waals surface area contributed by atoms with Crippen LogP contribution in [0.3, 0.4) is 0 Å². The lowest BCUT2D eigenvalue weighted by atomic mass is 9.88. The van der Waals surface area contributed by atoms with Gasteiger partial charge in [0.2, 0.25) is 0 Å². The first-order chi connectivity index (χ1) is 8.49. The van der Waals surface area contributed by atoms with Gasteiger partial charge in [-0.25, -0.2) is 4.39 Å². The Hall–Kier alpha value is -1.62. The molecule has 0 radical (unpaired) electrons.